The lowest BCUT2D eigenvalue weighted by atomic mass is 10.0. The van der Waals surface area contributed by atoms with Crippen molar-refractivity contribution in [3.8, 4) is 0 Å². The number of nitrogens with zero attached hydrogens (tertiary/aromatic N) is 1. The average Bonchev–Trinajstić information content (AvgIpc) is 2.61. The maximum atomic E-state index is 12.4. The number of unbranched alkanes of at least 4 members (excludes halogenated alkanes) is 1. The Balaban J connectivity index is 2.37. The van der Waals surface area contributed by atoms with Gasteiger partial charge < -0.3 is 4.90 Å². The first-order chi connectivity index (χ1) is 8.65. The lowest BCUT2D eigenvalue weighted by Gasteiger charge is -2.23. The van der Waals surface area contributed by atoms with E-state index in [4.69, 9.17) is 0 Å². The number of fused-ring (bicyclic) bond motifs is 1. The number of benzene rings is 1. The molecule has 0 saturated carbocycles. The smallest absolute Gasteiger partial charge is 0.254 e. The van der Waals surface area contributed by atoms with Gasteiger partial charge in [0.25, 0.3) is 5.91 Å². The number of carbonyl (C=O) groups excluding carboxylic acids is 1. The summed E-state index contributed by atoms with van der Waals surface area (Å²) in [5.74, 6) is 0.182. The normalized spacial score (nSPS) is 17.8. The van der Waals surface area contributed by atoms with Crippen LogP contribution in [0.3, 0.4) is 0 Å². The van der Waals surface area contributed by atoms with Crippen LogP contribution in [0.15, 0.2) is 35.9 Å². The third kappa shape index (κ3) is 2.33. The van der Waals surface area contributed by atoms with Gasteiger partial charge in [-0.3, -0.25) is 4.79 Å². The molecule has 0 bridgehead atoms. The van der Waals surface area contributed by atoms with Gasteiger partial charge in [-0.1, -0.05) is 43.2 Å². The summed E-state index contributed by atoms with van der Waals surface area (Å²) in [5, 5.41) is 0. The topological polar surface area (TPSA) is 20.3 Å². The van der Waals surface area contributed by atoms with E-state index in [0.717, 1.165) is 30.5 Å². The standard InChI is InChI=1S/C16H21NO/c1-4-5-10-17-15(11-12(2)3)13-8-6-7-9-14(13)16(17)18/h6-9,11,15H,4-5,10H2,1-3H3. The van der Waals surface area contributed by atoms with Crippen molar-refractivity contribution in [1.29, 1.82) is 0 Å². The van der Waals surface area contributed by atoms with Crippen LogP contribution in [0.1, 0.15) is 55.6 Å². The number of carbonyl (C=O) groups is 1. The van der Waals surface area contributed by atoms with Crippen molar-refractivity contribution in [2.75, 3.05) is 6.54 Å². The molecule has 96 valence electrons. The van der Waals surface area contributed by atoms with Crippen LogP contribution >= 0.6 is 0 Å². The molecule has 1 unspecified atom stereocenters. The molecular formula is C16H21NO. The summed E-state index contributed by atoms with van der Waals surface area (Å²) in [4.78, 5) is 14.4. The van der Waals surface area contributed by atoms with Crippen LogP contribution in [0.4, 0.5) is 0 Å². The molecule has 1 aliphatic rings. The molecule has 2 nitrogen and oxygen atoms in total. The van der Waals surface area contributed by atoms with Gasteiger partial charge in [-0.05, 0) is 31.9 Å². The molecule has 1 aromatic rings. The number of allylic oxidation sites excluding steroid dienone is 1. The molecule has 1 heterocycles. The lowest BCUT2D eigenvalue weighted by molar-refractivity contribution is 0.0751. The SMILES string of the molecule is CCCCN1C(=O)c2ccccc2C1C=C(C)C. The Morgan fingerprint density at radius 2 is 2.06 bits per heavy atom. The minimum atomic E-state index is 0.130. The van der Waals surface area contributed by atoms with Gasteiger partial charge >= 0.3 is 0 Å². The summed E-state index contributed by atoms with van der Waals surface area (Å²) in [6, 6.07) is 8.10. The van der Waals surface area contributed by atoms with Gasteiger partial charge in [0.1, 0.15) is 0 Å². The maximum absolute atomic E-state index is 12.4. The Labute approximate surface area is 109 Å². The molecule has 0 N–H and O–H groups in total. The fourth-order valence-corrected chi connectivity index (χ4v) is 2.46. The zero-order chi connectivity index (χ0) is 13.1. The quantitative estimate of drug-likeness (QED) is 0.733. The van der Waals surface area contributed by atoms with Gasteiger partial charge in [-0.2, -0.15) is 0 Å². The third-order valence-corrected chi connectivity index (χ3v) is 3.35. The summed E-state index contributed by atoms with van der Waals surface area (Å²) in [6.45, 7) is 7.18. The van der Waals surface area contributed by atoms with E-state index in [1.807, 2.05) is 23.1 Å². The zero-order valence-electron chi connectivity index (χ0n) is 11.4. The zero-order valence-corrected chi connectivity index (χ0v) is 11.4. The highest BCUT2D eigenvalue weighted by atomic mass is 16.2. The second kappa shape index (κ2) is 5.38. The highest BCUT2D eigenvalue weighted by Crippen LogP contribution is 2.35. The predicted molar refractivity (Wildman–Crippen MR) is 74.6 cm³/mol. The highest BCUT2D eigenvalue weighted by Gasteiger charge is 2.34. The van der Waals surface area contributed by atoms with Gasteiger partial charge in [0.15, 0.2) is 0 Å². The molecule has 0 aliphatic carbocycles. The minimum Gasteiger partial charge on any atom is -0.328 e. The summed E-state index contributed by atoms with van der Waals surface area (Å²) in [5.41, 5.74) is 3.28. The third-order valence-electron chi connectivity index (χ3n) is 3.35. The van der Waals surface area contributed by atoms with E-state index in [0.29, 0.717) is 0 Å². The molecule has 0 spiro atoms. The molecule has 0 fully saturated rings. The van der Waals surface area contributed by atoms with Crippen molar-refractivity contribution in [3.05, 3.63) is 47.0 Å². The van der Waals surface area contributed by atoms with Crippen LogP contribution in [-0.4, -0.2) is 17.4 Å². The second-order valence-electron chi connectivity index (χ2n) is 5.13. The van der Waals surface area contributed by atoms with E-state index < -0.39 is 0 Å². The minimum absolute atomic E-state index is 0.130. The molecule has 2 rings (SSSR count). The van der Waals surface area contributed by atoms with Gasteiger partial charge in [0.05, 0.1) is 6.04 Å². The van der Waals surface area contributed by atoms with E-state index >= 15 is 0 Å². The Morgan fingerprint density at radius 3 is 2.72 bits per heavy atom. The number of rotatable bonds is 4. The summed E-state index contributed by atoms with van der Waals surface area (Å²) >= 11 is 0. The molecule has 1 amide bonds. The Morgan fingerprint density at radius 1 is 1.33 bits per heavy atom. The van der Waals surface area contributed by atoms with Crippen LogP contribution < -0.4 is 0 Å². The molecule has 2 heteroatoms. The Kier molecular flexibility index (Phi) is 3.85. The molecular weight excluding hydrogens is 222 g/mol. The van der Waals surface area contributed by atoms with Crippen molar-refractivity contribution in [2.24, 2.45) is 0 Å². The first-order valence-corrected chi connectivity index (χ1v) is 6.70. The Bertz CT molecular complexity index is 472. The van der Waals surface area contributed by atoms with Crippen LogP contribution in [0.25, 0.3) is 0 Å². The molecule has 0 aromatic heterocycles. The molecule has 18 heavy (non-hydrogen) atoms. The molecule has 1 atom stereocenters. The second-order valence-corrected chi connectivity index (χ2v) is 5.13. The van der Waals surface area contributed by atoms with Crippen LogP contribution in [0, 0.1) is 0 Å². The van der Waals surface area contributed by atoms with E-state index in [1.165, 1.54) is 5.57 Å². The average molecular weight is 243 g/mol. The molecule has 1 aliphatic heterocycles. The molecule has 0 radical (unpaired) electrons. The first-order valence-electron chi connectivity index (χ1n) is 6.70. The van der Waals surface area contributed by atoms with Gasteiger partial charge in [-0.25, -0.2) is 0 Å². The van der Waals surface area contributed by atoms with E-state index in [1.54, 1.807) is 0 Å². The number of amides is 1. The van der Waals surface area contributed by atoms with Crippen molar-refractivity contribution in [3.63, 3.8) is 0 Å². The molecule has 0 saturated heterocycles. The maximum Gasteiger partial charge on any atom is 0.254 e. The number of hydrogen-bond acceptors (Lipinski definition) is 1. The number of hydrogen-bond donors (Lipinski definition) is 0. The van der Waals surface area contributed by atoms with Crippen LogP contribution in [-0.2, 0) is 0 Å². The fourth-order valence-electron chi connectivity index (χ4n) is 2.46. The van der Waals surface area contributed by atoms with E-state index in [2.05, 4.69) is 32.9 Å². The van der Waals surface area contributed by atoms with Crippen molar-refractivity contribution < 1.29 is 4.79 Å². The first kappa shape index (κ1) is 12.9. The fraction of sp³-hybridized carbons (Fsp3) is 0.438. The van der Waals surface area contributed by atoms with Crippen molar-refractivity contribution >= 4 is 5.91 Å². The Hall–Kier alpha value is -1.57. The van der Waals surface area contributed by atoms with Gasteiger partial charge in [0.2, 0.25) is 0 Å². The van der Waals surface area contributed by atoms with Gasteiger partial charge in [0, 0.05) is 12.1 Å². The van der Waals surface area contributed by atoms with Crippen molar-refractivity contribution in [1.82, 2.24) is 4.90 Å². The van der Waals surface area contributed by atoms with Crippen molar-refractivity contribution in [2.45, 2.75) is 39.7 Å². The predicted octanol–water partition coefficient (Wildman–Crippen LogP) is 3.95. The summed E-state index contributed by atoms with van der Waals surface area (Å²) in [6.07, 6.45) is 4.37. The van der Waals surface area contributed by atoms with Crippen LogP contribution in [0.5, 0.6) is 0 Å². The largest absolute Gasteiger partial charge is 0.328 e. The van der Waals surface area contributed by atoms with Crippen LogP contribution in [0.2, 0.25) is 0 Å². The van der Waals surface area contributed by atoms with E-state index in [-0.39, 0.29) is 11.9 Å². The van der Waals surface area contributed by atoms with Gasteiger partial charge in [-0.15, -0.1) is 0 Å². The summed E-state index contributed by atoms with van der Waals surface area (Å²) < 4.78 is 0. The highest BCUT2D eigenvalue weighted by molar-refractivity contribution is 5.99. The van der Waals surface area contributed by atoms with E-state index in [9.17, 15) is 4.79 Å². The molecule has 1 aromatic carbocycles. The lowest BCUT2D eigenvalue weighted by Crippen LogP contribution is -2.28. The monoisotopic (exact) mass is 243 g/mol. The summed E-state index contributed by atoms with van der Waals surface area (Å²) in [7, 11) is 0.